The van der Waals surface area contributed by atoms with E-state index in [4.69, 9.17) is 14.9 Å². The van der Waals surface area contributed by atoms with Crippen molar-refractivity contribution in [2.24, 2.45) is 5.73 Å². The minimum Gasteiger partial charge on any atom is -0.486 e. The van der Waals surface area contributed by atoms with Gasteiger partial charge in [-0.05, 0) is 42.5 Å². The van der Waals surface area contributed by atoms with Crippen LogP contribution >= 0.6 is 0 Å². The van der Waals surface area contributed by atoms with E-state index in [9.17, 15) is 0 Å². The van der Waals surface area contributed by atoms with Gasteiger partial charge in [-0.3, -0.25) is 0 Å². The lowest BCUT2D eigenvalue weighted by molar-refractivity contribution is 0.267. The van der Waals surface area contributed by atoms with Crippen LogP contribution in [0.15, 0.2) is 34.7 Å². The van der Waals surface area contributed by atoms with Crippen LogP contribution in [0.4, 0.5) is 0 Å². The SMILES string of the molecule is CCC(C)(C)c1ccc(OCc2cc(CN)c(C)o2)cc1. The van der Waals surface area contributed by atoms with Gasteiger partial charge in [0, 0.05) is 12.1 Å². The highest BCUT2D eigenvalue weighted by Crippen LogP contribution is 2.28. The molecule has 114 valence electrons. The molecule has 1 heterocycles. The lowest BCUT2D eigenvalue weighted by Gasteiger charge is -2.23. The number of rotatable bonds is 6. The van der Waals surface area contributed by atoms with Gasteiger partial charge in [-0.15, -0.1) is 0 Å². The fourth-order valence-corrected chi connectivity index (χ4v) is 2.22. The summed E-state index contributed by atoms with van der Waals surface area (Å²) >= 11 is 0. The van der Waals surface area contributed by atoms with Crippen molar-refractivity contribution < 1.29 is 9.15 Å². The largest absolute Gasteiger partial charge is 0.486 e. The monoisotopic (exact) mass is 287 g/mol. The summed E-state index contributed by atoms with van der Waals surface area (Å²) in [5.41, 5.74) is 8.21. The summed E-state index contributed by atoms with van der Waals surface area (Å²) in [6, 6.07) is 10.3. The van der Waals surface area contributed by atoms with Gasteiger partial charge >= 0.3 is 0 Å². The Kier molecular flexibility index (Phi) is 4.73. The molecule has 1 aromatic heterocycles. The highest BCUT2D eigenvalue weighted by molar-refractivity contribution is 5.31. The van der Waals surface area contributed by atoms with E-state index in [0.29, 0.717) is 13.2 Å². The molecule has 2 rings (SSSR count). The zero-order valence-corrected chi connectivity index (χ0v) is 13.4. The van der Waals surface area contributed by atoms with Crippen molar-refractivity contribution in [3.05, 3.63) is 53.0 Å². The van der Waals surface area contributed by atoms with Gasteiger partial charge in [0.2, 0.25) is 0 Å². The Balaban J connectivity index is 2.00. The van der Waals surface area contributed by atoms with E-state index < -0.39 is 0 Å². The molecule has 0 unspecified atom stereocenters. The number of hydrogen-bond acceptors (Lipinski definition) is 3. The van der Waals surface area contributed by atoms with Gasteiger partial charge in [0.25, 0.3) is 0 Å². The topological polar surface area (TPSA) is 48.4 Å². The molecular weight excluding hydrogens is 262 g/mol. The predicted octanol–water partition coefficient (Wildman–Crippen LogP) is 4.31. The standard InChI is InChI=1S/C18H25NO2/c1-5-18(3,4)15-6-8-16(9-7-15)20-12-17-10-14(11-19)13(2)21-17/h6-10H,5,11-12,19H2,1-4H3. The second-order valence-electron chi connectivity index (χ2n) is 6.05. The summed E-state index contributed by atoms with van der Waals surface area (Å²) in [4.78, 5) is 0. The molecule has 1 aromatic carbocycles. The summed E-state index contributed by atoms with van der Waals surface area (Å²) in [6.07, 6.45) is 1.11. The normalized spacial score (nSPS) is 11.7. The van der Waals surface area contributed by atoms with E-state index in [1.807, 2.05) is 25.1 Å². The van der Waals surface area contributed by atoms with Crippen LogP contribution in [0.25, 0.3) is 0 Å². The van der Waals surface area contributed by atoms with Crippen molar-refractivity contribution in [3.63, 3.8) is 0 Å². The van der Waals surface area contributed by atoms with Gasteiger partial charge < -0.3 is 14.9 Å². The zero-order valence-electron chi connectivity index (χ0n) is 13.4. The van der Waals surface area contributed by atoms with Crippen LogP contribution in [-0.2, 0) is 18.6 Å². The molecule has 21 heavy (non-hydrogen) atoms. The van der Waals surface area contributed by atoms with Crippen LogP contribution in [-0.4, -0.2) is 0 Å². The Morgan fingerprint density at radius 1 is 1.19 bits per heavy atom. The molecule has 2 aromatic rings. The first-order chi connectivity index (χ1) is 9.96. The summed E-state index contributed by atoms with van der Waals surface area (Å²) in [7, 11) is 0. The molecule has 0 aliphatic carbocycles. The quantitative estimate of drug-likeness (QED) is 0.861. The average Bonchev–Trinajstić information content (AvgIpc) is 2.86. The number of benzene rings is 1. The van der Waals surface area contributed by atoms with Crippen molar-refractivity contribution in [2.75, 3.05) is 0 Å². The first kappa shape index (κ1) is 15.6. The Bertz CT molecular complexity index is 582. The summed E-state index contributed by atoms with van der Waals surface area (Å²) in [6.45, 7) is 9.56. The van der Waals surface area contributed by atoms with Gasteiger partial charge in [-0.25, -0.2) is 0 Å². The number of furan rings is 1. The zero-order chi connectivity index (χ0) is 15.5. The minimum absolute atomic E-state index is 0.201. The van der Waals surface area contributed by atoms with Crippen molar-refractivity contribution in [1.82, 2.24) is 0 Å². The van der Waals surface area contributed by atoms with E-state index in [2.05, 4.69) is 32.9 Å². The Morgan fingerprint density at radius 2 is 1.86 bits per heavy atom. The van der Waals surface area contributed by atoms with Crippen molar-refractivity contribution in [3.8, 4) is 5.75 Å². The third-order valence-electron chi connectivity index (χ3n) is 4.19. The maximum atomic E-state index is 5.77. The summed E-state index contributed by atoms with van der Waals surface area (Å²) < 4.78 is 11.4. The highest BCUT2D eigenvalue weighted by Gasteiger charge is 2.17. The molecule has 0 atom stereocenters. The molecule has 0 aliphatic heterocycles. The van der Waals surface area contributed by atoms with Crippen LogP contribution < -0.4 is 10.5 Å². The van der Waals surface area contributed by atoms with Crippen molar-refractivity contribution in [2.45, 2.75) is 52.7 Å². The number of aryl methyl sites for hydroxylation is 1. The molecule has 0 amide bonds. The van der Waals surface area contributed by atoms with Gasteiger partial charge in [0.15, 0.2) is 0 Å². The van der Waals surface area contributed by atoms with Gasteiger partial charge in [-0.2, -0.15) is 0 Å². The first-order valence-electron chi connectivity index (χ1n) is 7.48. The summed E-state index contributed by atoms with van der Waals surface area (Å²) in [5, 5.41) is 0. The number of nitrogens with two attached hydrogens (primary N) is 1. The predicted molar refractivity (Wildman–Crippen MR) is 85.4 cm³/mol. The van der Waals surface area contributed by atoms with Crippen molar-refractivity contribution >= 4 is 0 Å². The summed E-state index contributed by atoms with van der Waals surface area (Å²) in [5.74, 6) is 2.54. The molecule has 2 N–H and O–H groups in total. The molecule has 0 bridgehead atoms. The van der Waals surface area contributed by atoms with E-state index in [0.717, 1.165) is 29.3 Å². The third kappa shape index (κ3) is 3.67. The highest BCUT2D eigenvalue weighted by atomic mass is 16.5. The Hall–Kier alpha value is -1.74. The maximum Gasteiger partial charge on any atom is 0.146 e. The number of ether oxygens (including phenoxy) is 1. The van der Waals surface area contributed by atoms with Crippen LogP contribution in [0.5, 0.6) is 5.75 Å². The van der Waals surface area contributed by atoms with Gasteiger partial charge in [-0.1, -0.05) is 32.9 Å². The van der Waals surface area contributed by atoms with Crippen LogP contribution in [0.1, 0.15) is 49.8 Å². The van der Waals surface area contributed by atoms with Crippen LogP contribution in [0.3, 0.4) is 0 Å². The molecule has 0 saturated heterocycles. The van der Waals surface area contributed by atoms with Gasteiger partial charge in [0.05, 0.1) is 0 Å². The first-order valence-corrected chi connectivity index (χ1v) is 7.48. The molecule has 0 spiro atoms. The smallest absolute Gasteiger partial charge is 0.146 e. The van der Waals surface area contributed by atoms with Crippen LogP contribution in [0, 0.1) is 6.92 Å². The maximum absolute atomic E-state index is 5.77. The van der Waals surface area contributed by atoms with E-state index >= 15 is 0 Å². The lowest BCUT2D eigenvalue weighted by atomic mass is 9.82. The molecule has 3 heteroatoms. The lowest BCUT2D eigenvalue weighted by Crippen LogP contribution is -2.15. The van der Waals surface area contributed by atoms with Gasteiger partial charge in [0.1, 0.15) is 23.9 Å². The third-order valence-corrected chi connectivity index (χ3v) is 4.19. The van der Waals surface area contributed by atoms with E-state index in [-0.39, 0.29) is 5.41 Å². The molecule has 3 nitrogen and oxygen atoms in total. The van der Waals surface area contributed by atoms with E-state index in [1.54, 1.807) is 0 Å². The second kappa shape index (κ2) is 6.35. The second-order valence-corrected chi connectivity index (χ2v) is 6.05. The molecular formula is C18H25NO2. The Labute approximate surface area is 127 Å². The average molecular weight is 287 g/mol. The minimum atomic E-state index is 0.201. The molecule has 0 radical (unpaired) electrons. The fraction of sp³-hybridized carbons (Fsp3) is 0.444. The fourth-order valence-electron chi connectivity index (χ4n) is 2.22. The molecule has 0 saturated carbocycles. The molecule has 0 fully saturated rings. The van der Waals surface area contributed by atoms with Crippen molar-refractivity contribution in [1.29, 1.82) is 0 Å². The molecule has 0 aliphatic rings. The van der Waals surface area contributed by atoms with Crippen LogP contribution in [0.2, 0.25) is 0 Å². The number of hydrogen-bond donors (Lipinski definition) is 1. The Morgan fingerprint density at radius 3 is 2.38 bits per heavy atom. The van der Waals surface area contributed by atoms with E-state index in [1.165, 1.54) is 5.56 Å².